The Morgan fingerprint density at radius 1 is 0.682 bits per heavy atom. The van der Waals surface area contributed by atoms with Gasteiger partial charge < -0.3 is 4.74 Å². The zero-order valence-corrected chi connectivity index (χ0v) is 15.3. The summed E-state index contributed by atoms with van der Waals surface area (Å²) < 4.78 is 6.08. The maximum atomic E-state index is 6.08. The van der Waals surface area contributed by atoms with Gasteiger partial charge in [0.1, 0.15) is 0 Å². The van der Waals surface area contributed by atoms with E-state index < -0.39 is 0 Å². The van der Waals surface area contributed by atoms with E-state index in [9.17, 15) is 0 Å². The Labute approximate surface area is 139 Å². The number of hydrogen-bond acceptors (Lipinski definition) is 1. The van der Waals surface area contributed by atoms with Crippen molar-refractivity contribution in [1.29, 1.82) is 0 Å². The highest BCUT2D eigenvalue weighted by Crippen LogP contribution is 2.41. The van der Waals surface area contributed by atoms with Crippen molar-refractivity contribution < 1.29 is 4.74 Å². The summed E-state index contributed by atoms with van der Waals surface area (Å²) in [5, 5.41) is 0. The Hall–Kier alpha value is -0.0400. The van der Waals surface area contributed by atoms with Crippen LogP contribution < -0.4 is 0 Å². The van der Waals surface area contributed by atoms with Crippen molar-refractivity contribution in [2.24, 2.45) is 17.8 Å². The molecule has 130 valence electrons. The van der Waals surface area contributed by atoms with Crippen molar-refractivity contribution in [3.63, 3.8) is 0 Å². The fourth-order valence-electron chi connectivity index (χ4n) is 4.77. The second-order valence-electron chi connectivity index (χ2n) is 8.04. The van der Waals surface area contributed by atoms with Crippen molar-refractivity contribution in [2.75, 3.05) is 6.61 Å². The highest BCUT2D eigenvalue weighted by atomic mass is 16.5. The van der Waals surface area contributed by atoms with E-state index in [0.29, 0.717) is 6.10 Å². The van der Waals surface area contributed by atoms with E-state index in [4.69, 9.17) is 4.74 Å². The monoisotopic (exact) mass is 308 g/mol. The molecule has 2 rings (SSSR count). The van der Waals surface area contributed by atoms with E-state index in [0.717, 1.165) is 24.4 Å². The molecule has 1 nitrogen and oxygen atoms in total. The fourth-order valence-corrected chi connectivity index (χ4v) is 4.77. The minimum atomic E-state index is 0.592. The van der Waals surface area contributed by atoms with Crippen molar-refractivity contribution in [3.05, 3.63) is 0 Å². The van der Waals surface area contributed by atoms with Crippen LogP contribution >= 0.6 is 0 Å². The second kappa shape index (κ2) is 10.7. The van der Waals surface area contributed by atoms with Gasteiger partial charge in [0.2, 0.25) is 0 Å². The van der Waals surface area contributed by atoms with Crippen LogP contribution in [0.25, 0.3) is 0 Å². The molecule has 1 heteroatoms. The molecule has 0 aliphatic heterocycles. The molecule has 0 aromatic carbocycles. The van der Waals surface area contributed by atoms with E-state index in [1.165, 1.54) is 89.9 Å². The van der Waals surface area contributed by atoms with Crippen LogP contribution in [0.3, 0.4) is 0 Å². The first-order valence-corrected chi connectivity index (χ1v) is 10.4. The van der Waals surface area contributed by atoms with Gasteiger partial charge in [-0.2, -0.15) is 0 Å². The molecule has 2 fully saturated rings. The molecular formula is C21H40O. The standard InChI is InChI=1S/C21H40O/c1-3-5-7-17-22-21-15-13-20(14-16-21)19-11-9-18(10-12-19)8-6-4-2/h18-21H,3-17H2,1-2H3. The normalized spacial score (nSPS) is 33.0. The van der Waals surface area contributed by atoms with Gasteiger partial charge in [-0.05, 0) is 62.7 Å². The molecular weight excluding hydrogens is 268 g/mol. The SMILES string of the molecule is CCCCCOC1CCC(C2CCC(CCCC)CC2)CC1. The van der Waals surface area contributed by atoms with Crippen molar-refractivity contribution in [1.82, 2.24) is 0 Å². The Kier molecular flexibility index (Phi) is 8.89. The van der Waals surface area contributed by atoms with Gasteiger partial charge in [0.15, 0.2) is 0 Å². The van der Waals surface area contributed by atoms with Gasteiger partial charge in [-0.15, -0.1) is 0 Å². The molecule has 2 aliphatic carbocycles. The third kappa shape index (κ3) is 6.22. The average Bonchev–Trinajstić information content (AvgIpc) is 2.58. The largest absolute Gasteiger partial charge is 0.378 e. The number of hydrogen-bond donors (Lipinski definition) is 0. The fraction of sp³-hybridized carbons (Fsp3) is 1.00. The van der Waals surface area contributed by atoms with Crippen LogP contribution in [0.4, 0.5) is 0 Å². The molecule has 0 atom stereocenters. The molecule has 2 aliphatic rings. The molecule has 0 bridgehead atoms. The van der Waals surface area contributed by atoms with Gasteiger partial charge in [0.25, 0.3) is 0 Å². The molecule has 0 aromatic rings. The average molecular weight is 309 g/mol. The van der Waals surface area contributed by atoms with E-state index in [2.05, 4.69) is 13.8 Å². The zero-order valence-electron chi connectivity index (χ0n) is 15.3. The first-order chi connectivity index (χ1) is 10.8. The van der Waals surface area contributed by atoms with E-state index in [1.54, 1.807) is 0 Å². The predicted molar refractivity (Wildman–Crippen MR) is 96.2 cm³/mol. The lowest BCUT2D eigenvalue weighted by Gasteiger charge is -2.37. The highest BCUT2D eigenvalue weighted by molar-refractivity contribution is 4.82. The van der Waals surface area contributed by atoms with Crippen molar-refractivity contribution >= 4 is 0 Å². The van der Waals surface area contributed by atoms with Crippen LogP contribution in [-0.4, -0.2) is 12.7 Å². The lowest BCUT2D eigenvalue weighted by molar-refractivity contribution is 0.00539. The van der Waals surface area contributed by atoms with Crippen LogP contribution in [-0.2, 0) is 4.74 Å². The molecule has 0 unspecified atom stereocenters. The van der Waals surface area contributed by atoms with Gasteiger partial charge in [-0.25, -0.2) is 0 Å². The van der Waals surface area contributed by atoms with E-state index in [-0.39, 0.29) is 0 Å². The van der Waals surface area contributed by atoms with E-state index >= 15 is 0 Å². The summed E-state index contributed by atoms with van der Waals surface area (Å²) >= 11 is 0. The van der Waals surface area contributed by atoms with Crippen LogP contribution in [0, 0.1) is 17.8 Å². The molecule has 0 spiro atoms. The summed E-state index contributed by atoms with van der Waals surface area (Å²) in [6.45, 7) is 5.60. The van der Waals surface area contributed by atoms with Gasteiger partial charge in [-0.1, -0.05) is 58.8 Å². The third-order valence-corrected chi connectivity index (χ3v) is 6.34. The van der Waals surface area contributed by atoms with Gasteiger partial charge in [0, 0.05) is 6.61 Å². The quantitative estimate of drug-likeness (QED) is 0.428. The first-order valence-electron chi connectivity index (χ1n) is 10.4. The topological polar surface area (TPSA) is 9.23 Å². The maximum Gasteiger partial charge on any atom is 0.0575 e. The summed E-state index contributed by atoms with van der Waals surface area (Å²) in [6, 6.07) is 0. The third-order valence-electron chi connectivity index (χ3n) is 6.34. The molecule has 2 saturated carbocycles. The van der Waals surface area contributed by atoms with Gasteiger partial charge in [-0.3, -0.25) is 0 Å². The van der Waals surface area contributed by atoms with Crippen LogP contribution in [0.1, 0.15) is 104 Å². The number of ether oxygens (including phenoxy) is 1. The summed E-state index contributed by atoms with van der Waals surface area (Å²) in [5.41, 5.74) is 0. The summed E-state index contributed by atoms with van der Waals surface area (Å²) in [5.74, 6) is 3.15. The molecule has 0 aromatic heterocycles. The Morgan fingerprint density at radius 3 is 1.86 bits per heavy atom. The molecule has 0 N–H and O–H groups in total. The van der Waals surface area contributed by atoms with E-state index in [1.807, 2.05) is 0 Å². The minimum absolute atomic E-state index is 0.592. The first kappa shape index (κ1) is 18.3. The summed E-state index contributed by atoms with van der Waals surface area (Å²) in [7, 11) is 0. The van der Waals surface area contributed by atoms with Gasteiger partial charge in [0.05, 0.1) is 6.10 Å². The van der Waals surface area contributed by atoms with Crippen LogP contribution in [0.5, 0.6) is 0 Å². The molecule has 0 heterocycles. The second-order valence-corrected chi connectivity index (χ2v) is 8.04. The smallest absolute Gasteiger partial charge is 0.0575 e. The summed E-state index contributed by atoms with van der Waals surface area (Å²) in [6.07, 6.45) is 20.5. The van der Waals surface area contributed by atoms with Gasteiger partial charge >= 0.3 is 0 Å². The zero-order chi connectivity index (χ0) is 15.6. The lowest BCUT2D eigenvalue weighted by Crippen LogP contribution is -2.28. The number of unbranched alkanes of at least 4 members (excludes halogenated alkanes) is 3. The molecule has 22 heavy (non-hydrogen) atoms. The Bertz CT molecular complexity index is 259. The Morgan fingerprint density at radius 2 is 1.27 bits per heavy atom. The minimum Gasteiger partial charge on any atom is -0.378 e. The number of rotatable bonds is 9. The Balaban J connectivity index is 1.57. The molecule has 0 radical (unpaired) electrons. The summed E-state index contributed by atoms with van der Waals surface area (Å²) in [4.78, 5) is 0. The van der Waals surface area contributed by atoms with Crippen molar-refractivity contribution in [2.45, 2.75) is 110 Å². The predicted octanol–water partition coefficient (Wildman–Crippen LogP) is 6.75. The molecule has 0 saturated heterocycles. The van der Waals surface area contributed by atoms with Crippen molar-refractivity contribution in [3.8, 4) is 0 Å². The highest BCUT2D eigenvalue weighted by Gasteiger charge is 2.30. The molecule has 0 amide bonds. The lowest BCUT2D eigenvalue weighted by atomic mass is 9.70. The maximum absolute atomic E-state index is 6.08. The van der Waals surface area contributed by atoms with Crippen LogP contribution in [0.2, 0.25) is 0 Å². The van der Waals surface area contributed by atoms with Crippen LogP contribution in [0.15, 0.2) is 0 Å².